The van der Waals surface area contributed by atoms with Crippen LogP contribution in [-0.4, -0.2) is 69.0 Å². The molecule has 1 aliphatic heterocycles. The predicted octanol–water partition coefficient (Wildman–Crippen LogP) is 2.24. The van der Waals surface area contributed by atoms with Gasteiger partial charge in [-0.05, 0) is 25.7 Å². The van der Waals surface area contributed by atoms with Crippen molar-refractivity contribution in [2.24, 2.45) is 10.9 Å². The minimum Gasteiger partial charge on any atom is -0.381 e. The van der Waals surface area contributed by atoms with Gasteiger partial charge in [0.15, 0.2) is 5.96 Å². The first kappa shape index (κ1) is 21.0. The normalized spacial score (nSPS) is 20.0. The Morgan fingerprint density at radius 2 is 2.12 bits per heavy atom. The van der Waals surface area contributed by atoms with E-state index in [1.807, 2.05) is 6.92 Å². The summed E-state index contributed by atoms with van der Waals surface area (Å²) in [4.78, 5) is 5.90. The molecule has 1 aliphatic rings. The molecule has 24 heavy (non-hydrogen) atoms. The number of hydrogen-bond acceptors (Lipinski definition) is 3. The average molecular weight is 352 g/mol. The van der Waals surface area contributed by atoms with Gasteiger partial charge >= 0.3 is 6.18 Å². The van der Waals surface area contributed by atoms with Crippen LogP contribution in [0.2, 0.25) is 0 Å². The predicted molar refractivity (Wildman–Crippen MR) is 90.3 cm³/mol. The van der Waals surface area contributed by atoms with E-state index in [1.54, 1.807) is 0 Å². The van der Waals surface area contributed by atoms with Crippen molar-refractivity contribution in [3.05, 3.63) is 0 Å². The van der Waals surface area contributed by atoms with Gasteiger partial charge in [0.1, 0.15) is 0 Å². The Bertz CT molecular complexity index is 375. The molecule has 1 atom stereocenters. The quantitative estimate of drug-likeness (QED) is 0.380. The molecule has 0 aromatic rings. The zero-order valence-electron chi connectivity index (χ0n) is 15.0. The Hall–Kier alpha value is -1.02. The van der Waals surface area contributed by atoms with Crippen molar-refractivity contribution in [1.29, 1.82) is 0 Å². The van der Waals surface area contributed by atoms with Crippen molar-refractivity contribution in [3.8, 4) is 0 Å². The smallest absolute Gasteiger partial charge is 0.381 e. The fourth-order valence-corrected chi connectivity index (χ4v) is 2.54. The molecule has 0 aromatic carbocycles. The number of likely N-dealkylation sites (tertiary alicyclic amines) is 1. The van der Waals surface area contributed by atoms with Gasteiger partial charge < -0.3 is 15.4 Å². The van der Waals surface area contributed by atoms with Crippen molar-refractivity contribution < 1.29 is 17.9 Å². The third-order valence-electron chi connectivity index (χ3n) is 3.53. The summed E-state index contributed by atoms with van der Waals surface area (Å²) in [6.45, 7) is 8.95. The summed E-state index contributed by atoms with van der Waals surface area (Å²) in [5.74, 6) is 1.19. The van der Waals surface area contributed by atoms with Gasteiger partial charge in [-0.3, -0.25) is 9.89 Å². The number of nitrogens with one attached hydrogen (secondary N) is 2. The largest absolute Gasteiger partial charge is 0.401 e. The van der Waals surface area contributed by atoms with Gasteiger partial charge in [0.2, 0.25) is 0 Å². The molecule has 2 N–H and O–H groups in total. The second-order valence-electron chi connectivity index (χ2n) is 6.56. The molecule has 0 aliphatic carbocycles. The molecule has 1 fully saturated rings. The monoisotopic (exact) mass is 352 g/mol. The number of guanidine groups is 1. The van der Waals surface area contributed by atoms with Gasteiger partial charge in [-0.1, -0.05) is 13.8 Å². The second-order valence-corrected chi connectivity index (χ2v) is 6.56. The lowest BCUT2D eigenvalue weighted by atomic mass is 10.2. The van der Waals surface area contributed by atoms with Gasteiger partial charge in [0.25, 0.3) is 0 Å². The zero-order valence-corrected chi connectivity index (χ0v) is 15.0. The second kappa shape index (κ2) is 10.8. The van der Waals surface area contributed by atoms with E-state index < -0.39 is 12.7 Å². The molecule has 0 amide bonds. The van der Waals surface area contributed by atoms with E-state index in [1.165, 1.54) is 4.90 Å². The fourth-order valence-electron chi connectivity index (χ4n) is 2.54. The maximum Gasteiger partial charge on any atom is 0.401 e. The van der Waals surface area contributed by atoms with Crippen LogP contribution >= 0.6 is 0 Å². The number of rotatable bonds is 9. The summed E-state index contributed by atoms with van der Waals surface area (Å²) >= 11 is 0. The summed E-state index contributed by atoms with van der Waals surface area (Å²) in [6.07, 6.45) is -2.62. The Morgan fingerprint density at radius 3 is 2.75 bits per heavy atom. The molecule has 8 heteroatoms. The molecule has 0 bridgehead atoms. The topological polar surface area (TPSA) is 48.9 Å². The fraction of sp³-hybridized carbons (Fsp3) is 0.938. The molecule has 0 saturated carbocycles. The first-order valence-electron chi connectivity index (χ1n) is 8.72. The van der Waals surface area contributed by atoms with Crippen LogP contribution in [0.4, 0.5) is 13.2 Å². The van der Waals surface area contributed by atoms with Crippen LogP contribution in [0.3, 0.4) is 0 Å². The first-order chi connectivity index (χ1) is 11.3. The molecule has 0 radical (unpaired) electrons. The van der Waals surface area contributed by atoms with E-state index in [9.17, 15) is 13.2 Å². The van der Waals surface area contributed by atoms with E-state index in [2.05, 4.69) is 29.5 Å². The molecular weight excluding hydrogens is 321 g/mol. The highest BCUT2D eigenvalue weighted by molar-refractivity contribution is 5.80. The van der Waals surface area contributed by atoms with E-state index in [-0.39, 0.29) is 6.04 Å². The lowest BCUT2D eigenvalue weighted by Crippen LogP contribution is -2.45. The van der Waals surface area contributed by atoms with Crippen molar-refractivity contribution in [2.75, 3.05) is 45.9 Å². The van der Waals surface area contributed by atoms with E-state index in [4.69, 9.17) is 4.74 Å². The molecule has 1 saturated heterocycles. The SMILES string of the molecule is CCNC(=NCCCOCC(C)C)NC1CCN(CC(F)(F)F)C1. The Labute approximate surface area is 143 Å². The minimum absolute atomic E-state index is 0.00217. The number of halogens is 3. The van der Waals surface area contributed by atoms with Crippen LogP contribution in [0.5, 0.6) is 0 Å². The van der Waals surface area contributed by atoms with Crippen molar-refractivity contribution in [1.82, 2.24) is 15.5 Å². The minimum atomic E-state index is -4.14. The summed E-state index contributed by atoms with van der Waals surface area (Å²) in [7, 11) is 0. The van der Waals surface area contributed by atoms with E-state index in [0.29, 0.717) is 51.1 Å². The van der Waals surface area contributed by atoms with Gasteiger partial charge in [-0.2, -0.15) is 13.2 Å². The number of alkyl halides is 3. The number of aliphatic imine (C=N–C) groups is 1. The van der Waals surface area contributed by atoms with Gasteiger partial charge in [-0.15, -0.1) is 0 Å². The molecule has 142 valence electrons. The van der Waals surface area contributed by atoms with Gasteiger partial charge in [0.05, 0.1) is 6.54 Å². The number of ether oxygens (including phenoxy) is 1. The molecule has 0 aromatic heterocycles. The number of nitrogens with zero attached hydrogens (tertiary/aromatic N) is 2. The van der Waals surface area contributed by atoms with Crippen molar-refractivity contribution in [2.45, 2.75) is 45.8 Å². The maximum atomic E-state index is 12.4. The van der Waals surface area contributed by atoms with Crippen molar-refractivity contribution >= 4 is 5.96 Å². The summed E-state index contributed by atoms with van der Waals surface area (Å²) in [5.41, 5.74) is 0. The van der Waals surface area contributed by atoms with Crippen LogP contribution in [0.1, 0.15) is 33.6 Å². The van der Waals surface area contributed by atoms with Crippen LogP contribution < -0.4 is 10.6 Å². The Kier molecular flexibility index (Phi) is 9.43. The molecular formula is C16H31F3N4O. The average Bonchev–Trinajstić information content (AvgIpc) is 2.87. The Morgan fingerprint density at radius 1 is 1.38 bits per heavy atom. The molecule has 0 spiro atoms. The van der Waals surface area contributed by atoms with Gasteiger partial charge in [-0.25, -0.2) is 0 Å². The maximum absolute atomic E-state index is 12.4. The van der Waals surface area contributed by atoms with Crippen LogP contribution in [0.25, 0.3) is 0 Å². The van der Waals surface area contributed by atoms with Crippen LogP contribution in [-0.2, 0) is 4.74 Å². The molecule has 1 rings (SSSR count). The summed E-state index contributed by atoms with van der Waals surface area (Å²) < 4.78 is 42.8. The van der Waals surface area contributed by atoms with E-state index in [0.717, 1.165) is 13.0 Å². The first-order valence-corrected chi connectivity index (χ1v) is 8.72. The highest BCUT2D eigenvalue weighted by atomic mass is 19.4. The van der Waals surface area contributed by atoms with Gasteiger partial charge in [0, 0.05) is 45.4 Å². The third-order valence-corrected chi connectivity index (χ3v) is 3.53. The van der Waals surface area contributed by atoms with E-state index >= 15 is 0 Å². The Balaban J connectivity index is 2.31. The molecule has 1 heterocycles. The summed E-state index contributed by atoms with van der Waals surface area (Å²) in [6, 6.07) is 0.00217. The lowest BCUT2D eigenvalue weighted by Gasteiger charge is -2.19. The molecule has 1 unspecified atom stereocenters. The highest BCUT2D eigenvalue weighted by Crippen LogP contribution is 2.19. The highest BCUT2D eigenvalue weighted by Gasteiger charge is 2.34. The van der Waals surface area contributed by atoms with Crippen molar-refractivity contribution in [3.63, 3.8) is 0 Å². The zero-order chi connectivity index (χ0) is 18.0. The third kappa shape index (κ3) is 9.97. The van der Waals surface area contributed by atoms with Crippen LogP contribution in [0, 0.1) is 5.92 Å². The summed E-state index contributed by atoms with van der Waals surface area (Å²) in [5, 5.41) is 6.37. The van der Waals surface area contributed by atoms with Crippen LogP contribution in [0.15, 0.2) is 4.99 Å². The number of hydrogen-bond donors (Lipinski definition) is 2. The standard InChI is InChI=1S/C16H31F3N4O/c1-4-20-15(21-7-5-9-24-11-13(2)3)22-14-6-8-23(10-14)12-16(17,18)19/h13-14H,4-12H2,1-3H3,(H2,20,21,22). The molecule has 5 nitrogen and oxygen atoms in total. The lowest BCUT2D eigenvalue weighted by molar-refractivity contribution is -0.143.